The van der Waals surface area contributed by atoms with E-state index >= 15 is 0 Å². The molecule has 0 spiro atoms. The summed E-state index contributed by atoms with van der Waals surface area (Å²) < 4.78 is 64.3. The third-order valence-electron chi connectivity index (χ3n) is 2.32. The second-order valence-electron chi connectivity index (χ2n) is 3.85. The second-order valence-corrected chi connectivity index (χ2v) is 3.85. The number of nitrogens with two attached hydrogens (primary N) is 1. The summed E-state index contributed by atoms with van der Waals surface area (Å²) in [5.41, 5.74) is 1.56. The number of hydrazine groups is 1. The molecule has 0 fully saturated rings. The van der Waals surface area contributed by atoms with Gasteiger partial charge in [-0.05, 0) is 12.1 Å². The molecule has 0 bridgehead atoms. The number of hydrogen-bond acceptors (Lipinski definition) is 5. The molecule has 112 valence electrons. The number of benzene rings is 1. The van der Waals surface area contributed by atoms with Crippen molar-refractivity contribution < 1.29 is 22.0 Å². The summed E-state index contributed by atoms with van der Waals surface area (Å²) in [5.74, 6) is 1.19. The first kappa shape index (κ1) is 14.9. The quantitative estimate of drug-likeness (QED) is 0.462. The fourth-order valence-electron chi connectivity index (χ4n) is 1.44. The minimum Gasteiger partial charge on any atom is -0.338 e. The molecule has 1 heterocycles. The normalized spacial score (nSPS) is 11.3. The number of anilines is 3. The van der Waals surface area contributed by atoms with Crippen LogP contribution in [0.25, 0.3) is 0 Å². The van der Waals surface area contributed by atoms with E-state index < -0.39 is 29.5 Å². The average Bonchev–Trinajstić information content (AvgIpc) is 2.41. The van der Waals surface area contributed by atoms with Crippen LogP contribution in [0.15, 0.2) is 24.3 Å². The maximum Gasteiger partial charge on any atom is 0.451 e. The Bertz CT molecular complexity index is 658. The van der Waals surface area contributed by atoms with Crippen LogP contribution in [0.5, 0.6) is 0 Å². The maximum absolute atomic E-state index is 13.4. The Kier molecular flexibility index (Phi) is 3.89. The maximum atomic E-state index is 13.4. The molecule has 0 saturated heterocycles. The van der Waals surface area contributed by atoms with Gasteiger partial charge in [-0.2, -0.15) is 13.2 Å². The number of aromatic nitrogens is 2. The van der Waals surface area contributed by atoms with Crippen molar-refractivity contribution >= 4 is 17.3 Å². The minimum atomic E-state index is -4.82. The molecular formula is C11H8F5N5. The lowest BCUT2D eigenvalue weighted by Crippen LogP contribution is -2.16. The van der Waals surface area contributed by atoms with Gasteiger partial charge in [-0.1, -0.05) is 0 Å². The summed E-state index contributed by atoms with van der Waals surface area (Å²) in [5, 5.41) is 2.24. The largest absolute Gasteiger partial charge is 0.451 e. The lowest BCUT2D eigenvalue weighted by atomic mass is 10.3. The number of nitrogens with zero attached hydrogens (tertiary/aromatic N) is 2. The van der Waals surface area contributed by atoms with Crippen molar-refractivity contribution in [2.75, 3.05) is 10.7 Å². The summed E-state index contributed by atoms with van der Waals surface area (Å²) in [6.07, 6.45) is -4.82. The fourth-order valence-corrected chi connectivity index (χ4v) is 1.44. The Labute approximate surface area is 115 Å². The molecule has 2 aromatic rings. The van der Waals surface area contributed by atoms with Crippen LogP contribution in [-0.4, -0.2) is 9.97 Å². The second kappa shape index (κ2) is 5.48. The summed E-state index contributed by atoms with van der Waals surface area (Å²) in [6.45, 7) is 0. The van der Waals surface area contributed by atoms with Crippen LogP contribution < -0.4 is 16.6 Å². The molecule has 5 nitrogen and oxygen atoms in total. The van der Waals surface area contributed by atoms with Crippen LogP contribution in [0.2, 0.25) is 0 Å². The zero-order valence-corrected chi connectivity index (χ0v) is 10.2. The summed E-state index contributed by atoms with van der Waals surface area (Å²) >= 11 is 0. The van der Waals surface area contributed by atoms with Crippen molar-refractivity contribution in [2.45, 2.75) is 6.18 Å². The Morgan fingerprint density at radius 1 is 1.00 bits per heavy atom. The van der Waals surface area contributed by atoms with Gasteiger partial charge in [-0.25, -0.2) is 24.6 Å². The van der Waals surface area contributed by atoms with E-state index in [2.05, 4.69) is 15.3 Å². The molecule has 0 unspecified atom stereocenters. The number of halogens is 5. The highest BCUT2D eigenvalue weighted by Crippen LogP contribution is 2.29. The molecule has 21 heavy (non-hydrogen) atoms. The van der Waals surface area contributed by atoms with E-state index in [0.717, 1.165) is 24.3 Å². The highest BCUT2D eigenvalue weighted by atomic mass is 19.4. The molecule has 0 aliphatic carbocycles. The predicted molar refractivity (Wildman–Crippen MR) is 64.5 cm³/mol. The smallest absolute Gasteiger partial charge is 0.338 e. The first-order valence-electron chi connectivity index (χ1n) is 5.44. The van der Waals surface area contributed by atoms with E-state index in [1.165, 1.54) is 0 Å². The van der Waals surface area contributed by atoms with E-state index in [9.17, 15) is 22.0 Å². The average molecular weight is 305 g/mol. The summed E-state index contributed by atoms with van der Waals surface area (Å²) in [6, 6.07) is 3.49. The van der Waals surface area contributed by atoms with E-state index in [4.69, 9.17) is 5.84 Å². The molecular weight excluding hydrogens is 297 g/mol. The highest BCUT2D eigenvalue weighted by molar-refractivity contribution is 5.59. The van der Waals surface area contributed by atoms with Crippen molar-refractivity contribution in [1.82, 2.24) is 9.97 Å². The van der Waals surface area contributed by atoms with Gasteiger partial charge in [-0.3, -0.25) is 0 Å². The van der Waals surface area contributed by atoms with Crippen molar-refractivity contribution in [2.24, 2.45) is 5.84 Å². The van der Waals surface area contributed by atoms with Gasteiger partial charge in [0.15, 0.2) is 0 Å². The van der Waals surface area contributed by atoms with Crippen molar-refractivity contribution in [1.29, 1.82) is 0 Å². The third kappa shape index (κ3) is 3.54. The molecule has 0 radical (unpaired) electrons. The first-order chi connectivity index (χ1) is 9.79. The molecule has 0 aliphatic rings. The molecule has 10 heteroatoms. The third-order valence-corrected chi connectivity index (χ3v) is 2.32. The molecule has 0 aliphatic heterocycles. The van der Waals surface area contributed by atoms with Gasteiger partial charge < -0.3 is 10.7 Å². The lowest BCUT2D eigenvalue weighted by molar-refractivity contribution is -0.144. The van der Waals surface area contributed by atoms with Gasteiger partial charge in [0.2, 0.25) is 5.82 Å². The number of alkyl halides is 3. The van der Waals surface area contributed by atoms with E-state index in [1.54, 1.807) is 0 Å². The van der Waals surface area contributed by atoms with Crippen LogP contribution in [0.4, 0.5) is 39.3 Å². The zero-order chi connectivity index (χ0) is 15.6. The van der Waals surface area contributed by atoms with Crippen molar-refractivity contribution in [3.05, 3.63) is 41.7 Å². The number of nitrogens with one attached hydrogen (secondary N) is 2. The first-order valence-corrected chi connectivity index (χ1v) is 5.44. The van der Waals surface area contributed by atoms with Gasteiger partial charge in [0.05, 0.1) is 5.69 Å². The number of rotatable bonds is 3. The molecule has 0 saturated carbocycles. The molecule has 0 amide bonds. The Morgan fingerprint density at radius 2 is 1.67 bits per heavy atom. The highest BCUT2D eigenvalue weighted by Gasteiger charge is 2.35. The molecule has 0 atom stereocenters. The Morgan fingerprint density at radius 3 is 2.29 bits per heavy atom. The topological polar surface area (TPSA) is 75.9 Å². The molecule has 2 rings (SSSR count). The van der Waals surface area contributed by atoms with E-state index in [0.29, 0.717) is 0 Å². The van der Waals surface area contributed by atoms with Crippen LogP contribution in [0.1, 0.15) is 5.82 Å². The van der Waals surface area contributed by atoms with Gasteiger partial charge in [-0.15, -0.1) is 0 Å². The lowest BCUT2D eigenvalue weighted by Gasteiger charge is -2.11. The molecule has 1 aromatic heterocycles. The minimum absolute atomic E-state index is 0.336. The fraction of sp³-hybridized carbons (Fsp3) is 0.0909. The summed E-state index contributed by atoms with van der Waals surface area (Å²) in [7, 11) is 0. The van der Waals surface area contributed by atoms with Crippen molar-refractivity contribution in [3.63, 3.8) is 0 Å². The van der Waals surface area contributed by atoms with Gasteiger partial charge >= 0.3 is 6.18 Å². The Balaban J connectivity index is 2.42. The van der Waals surface area contributed by atoms with Crippen molar-refractivity contribution in [3.8, 4) is 0 Å². The van der Waals surface area contributed by atoms with Crippen LogP contribution in [-0.2, 0) is 6.18 Å². The predicted octanol–water partition coefficient (Wildman–Crippen LogP) is 2.80. The number of hydrogen-bond donors (Lipinski definition) is 3. The standard InChI is InChI=1S/C11H8F5N5/c12-5-1-2-6(13)7(3-5)18-8-4-9(21-17)20-10(19-8)11(14,15)16/h1-4H,17H2,(H2,18,19,20,21). The number of nitrogen functional groups attached to an aromatic ring is 1. The molecule has 1 aromatic carbocycles. The van der Waals surface area contributed by atoms with Crippen LogP contribution >= 0.6 is 0 Å². The van der Waals surface area contributed by atoms with Crippen LogP contribution in [0.3, 0.4) is 0 Å². The summed E-state index contributed by atoms with van der Waals surface area (Å²) in [4.78, 5) is 6.31. The van der Waals surface area contributed by atoms with Crippen LogP contribution in [0, 0.1) is 11.6 Å². The monoisotopic (exact) mass is 305 g/mol. The molecule has 4 N–H and O–H groups in total. The van der Waals surface area contributed by atoms with E-state index in [1.807, 2.05) is 5.43 Å². The van der Waals surface area contributed by atoms with Gasteiger partial charge in [0.25, 0.3) is 0 Å². The Hall–Kier alpha value is -2.49. The van der Waals surface area contributed by atoms with Gasteiger partial charge in [0.1, 0.15) is 23.3 Å². The van der Waals surface area contributed by atoms with Gasteiger partial charge in [0, 0.05) is 12.1 Å². The SMILES string of the molecule is NNc1cc(Nc2cc(F)ccc2F)nc(C(F)(F)F)n1. The zero-order valence-electron chi connectivity index (χ0n) is 10.2. The van der Waals surface area contributed by atoms with E-state index in [-0.39, 0.29) is 11.5 Å².